The van der Waals surface area contributed by atoms with E-state index in [9.17, 15) is 4.79 Å². The molecule has 0 saturated heterocycles. The molecule has 0 aliphatic carbocycles. The van der Waals surface area contributed by atoms with Crippen LogP contribution in [0.5, 0.6) is 11.5 Å². The number of carbonyl (C=O) groups excluding carboxylic acids is 1. The van der Waals surface area contributed by atoms with Crippen LogP contribution in [-0.2, 0) is 0 Å². The highest BCUT2D eigenvalue weighted by molar-refractivity contribution is 5.95. The molecule has 1 aromatic rings. The van der Waals surface area contributed by atoms with Gasteiger partial charge < -0.3 is 19.9 Å². The highest BCUT2D eigenvalue weighted by Gasteiger charge is 2.12. The van der Waals surface area contributed by atoms with Crippen LogP contribution in [0.15, 0.2) is 18.2 Å². The third-order valence-corrected chi connectivity index (χ3v) is 2.38. The van der Waals surface area contributed by atoms with E-state index in [1.165, 1.54) is 0 Å². The van der Waals surface area contributed by atoms with Gasteiger partial charge in [-0.3, -0.25) is 4.79 Å². The van der Waals surface area contributed by atoms with Crippen molar-refractivity contribution >= 4 is 5.91 Å². The summed E-state index contributed by atoms with van der Waals surface area (Å²) in [5.74, 6) is 0.869. The lowest BCUT2D eigenvalue weighted by atomic mass is 10.1. The number of amides is 1. The van der Waals surface area contributed by atoms with E-state index in [0.717, 1.165) is 0 Å². The molecule has 0 aliphatic rings. The molecule has 0 fully saturated rings. The zero-order valence-corrected chi connectivity index (χ0v) is 10.9. The normalized spacial score (nSPS) is 11.8. The largest absolute Gasteiger partial charge is 0.493 e. The molecular formula is C13H19NO4. The maximum Gasteiger partial charge on any atom is 0.251 e. The number of nitrogens with one attached hydrogen (secondary N) is 1. The molecule has 0 saturated carbocycles. The molecular weight excluding hydrogens is 234 g/mol. The number of methoxy groups -OCH3 is 1. The van der Waals surface area contributed by atoms with Gasteiger partial charge in [-0.1, -0.05) is 0 Å². The van der Waals surface area contributed by atoms with E-state index < -0.39 is 0 Å². The van der Waals surface area contributed by atoms with Crippen LogP contribution in [-0.4, -0.2) is 37.4 Å². The van der Waals surface area contributed by atoms with Crippen molar-refractivity contribution in [3.05, 3.63) is 23.8 Å². The molecule has 1 unspecified atom stereocenters. The van der Waals surface area contributed by atoms with Gasteiger partial charge in [-0.15, -0.1) is 0 Å². The molecule has 2 N–H and O–H groups in total. The Kier molecular flexibility index (Phi) is 5.45. The van der Waals surface area contributed by atoms with Crippen molar-refractivity contribution in [1.82, 2.24) is 5.32 Å². The summed E-state index contributed by atoms with van der Waals surface area (Å²) >= 11 is 0. The predicted octanol–water partition coefficient (Wildman–Crippen LogP) is 1.20. The lowest BCUT2D eigenvalue weighted by Crippen LogP contribution is -2.34. The van der Waals surface area contributed by atoms with E-state index in [4.69, 9.17) is 14.6 Å². The Labute approximate surface area is 107 Å². The highest BCUT2D eigenvalue weighted by Crippen LogP contribution is 2.27. The van der Waals surface area contributed by atoms with E-state index in [1.54, 1.807) is 32.2 Å². The summed E-state index contributed by atoms with van der Waals surface area (Å²) in [6.45, 7) is 3.99. The zero-order chi connectivity index (χ0) is 13.5. The maximum atomic E-state index is 11.9. The van der Waals surface area contributed by atoms with Crippen LogP contribution in [0.1, 0.15) is 24.2 Å². The van der Waals surface area contributed by atoms with Crippen molar-refractivity contribution in [3.8, 4) is 11.5 Å². The second-order valence-corrected chi connectivity index (χ2v) is 3.86. The van der Waals surface area contributed by atoms with E-state index in [2.05, 4.69) is 5.32 Å². The van der Waals surface area contributed by atoms with Gasteiger partial charge in [0, 0.05) is 11.6 Å². The van der Waals surface area contributed by atoms with Gasteiger partial charge in [0.25, 0.3) is 5.91 Å². The number of carbonyl (C=O) groups is 1. The molecule has 1 rings (SSSR count). The van der Waals surface area contributed by atoms with Crippen LogP contribution >= 0.6 is 0 Å². The number of rotatable bonds is 6. The van der Waals surface area contributed by atoms with E-state index >= 15 is 0 Å². The Morgan fingerprint density at radius 1 is 1.44 bits per heavy atom. The summed E-state index contributed by atoms with van der Waals surface area (Å²) in [6, 6.07) is 4.68. The van der Waals surface area contributed by atoms with Crippen LogP contribution in [0.2, 0.25) is 0 Å². The Bertz CT molecular complexity index is 406. The van der Waals surface area contributed by atoms with Crippen LogP contribution < -0.4 is 14.8 Å². The second-order valence-electron chi connectivity index (χ2n) is 3.86. The quantitative estimate of drug-likeness (QED) is 0.799. The van der Waals surface area contributed by atoms with Crippen molar-refractivity contribution < 1.29 is 19.4 Å². The molecule has 0 radical (unpaired) electrons. The van der Waals surface area contributed by atoms with Crippen molar-refractivity contribution in [3.63, 3.8) is 0 Å². The zero-order valence-electron chi connectivity index (χ0n) is 10.9. The van der Waals surface area contributed by atoms with Gasteiger partial charge in [0.1, 0.15) is 0 Å². The lowest BCUT2D eigenvalue weighted by molar-refractivity contribution is 0.0922. The first-order valence-corrected chi connectivity index (χ1v) is 5.84. The third kappa shape index (κ3) is 3.63. The van der Waals surface area contributed by atoms with Crippen LogP contribution in [0.4, 0.5) is 0 Å². The summed E-state index contributed by atoms with van der Waals surface area (Å²) < 4.78 is 10.5. The first kappa shape index (κ1) is 14.3. The van der Waals surface area contributed by atoms with Gasteiger partial charge in [0.2, 0.25) is 0 Å². The van der Waals surface area contributed by atoms with Gasteiger partial charge in [-0.2, -0.15) is 0 Å². The van der Waals surface area contributed by atoms with Crippen molar-refractivity contribution in [2.45, 2.75) is 19.9 Å². The van der Waals surface area contributed by atoms with Crippen molar-refractivity contribution in [2.24, 2.45) is 0 Å². The van der Waals surface area contributed by atoms with E-state index in [0.29, 0.717) is 23.7 Å². The molecule has 0 aromatic heterocycles. The number of ether oxygens (including phenoxy) is 2. The van der Waals surface area contributed by atoms with Crippen molar-refractivity contribution in [1.29, 1.82) is 0 Å². The number of hydrogen-bond acceptors (Lipinski definition) is 4. The number of aliphatic hydroxyl groups is 1. The molecule has 0 heterocycles. The molecule has 0 spiro atoms. The lowest BCUT2D eigenvalue weighted by Gasteiger charge is -2.13. The van der Waals surface area contributed by atoms with Crippen LogP contribution in [0.25, 0.3) is 0 Å². The summed E-state index contributed by atoms with van der Waals surface area (Å²) in [7, 11) is 1.55. The summed E-state index contributed by atoms with van der Waals surface area (Å²) in [5, 5.41) is 11.6. The van der Waals surface area contributed by atoms with Gasteiger partial charge in [-0.25, -0.2) is 0 Å². The molecule has 100 valence electrons. The van der Waals surface area contributed by atoms with Gasteiger partial charge in [0.05, 0.1) is 20.3 Å². The summed E-state index contributed by atoms with van der Waals surface area (Å²) in [5.41, 5.74) is 0.472. The van der Waals surface area contributed by atoms with E-state index in [-0.39, 0.29) is 18.6 Å². The van der Waals surface area contributed by atoms with Crippen molar-refractivity contribution in [2.75, 3.05) is 20.3 Å². The molecule has 1 amide bonds. The number of aliphatic hydroxyl groups excluding tert-OH is 1. The molecule has 5 heteroatoms. The minimum absolute atomic E-state index is 0.0970. The van der Waals surface area contributed by atoms with E-state index in [1.807, 2.05) is 6.92 Å². The molecule has 1 aromatic carbocycles. The number of hydrogen-bond donors (Lipinski definition) is 2. The predicted molar refractivity (Wildman–Crippen MR) is 68.2 cm³/mol. The summed E-state index contributed by atoms with van der Waals surface area (Å²) in [6.07, 6.45) is 0. The average Bonchev–Trinajstić information content (AvgIpc) is 2.38. The third-order valence-electron chi connectivity index (χ3n) is 2.38. The Morgan fingerprint density at radius 3 is 2.72 bits per heavy atom. The second kappa shape index (κ2) is 6.86. The maximum absolute atomic E-state index is 11.9. The van der Waals surface area contributed by atoms with Crippen LogP contribution in [0, 0.1) is 0 Å². The molecule has 1 atom stereocenters. The SMILES string of the molecule is CCOc1cc(C(=O)NC(C)CO)ccc1OC. The first-order chi connectivity index (χ1) is 8.62. The van der Waals surface area contributed by atoms with Gasteiger partial charge in [0.15, 0.2) is 11.5 Å². The highest BCUT2D eigenvalue weighted by atomic mass is 16.5. The monoisotopic (exact) mass is 253 g/mol. The van der Waals surface area contributed by atoms with Gasteiger partial charge in [-0.05, 0) is 32.0 Å². The smallest absolute Gasteiger partial charge is 0.251 e. The number of benzene rings is 1. The molecule has 0 bridgehead atoms. The fourth-order valence-corrected chi connectivity index (χ4v) is 1.44. The Hall–Kier alpha value is -1.75. The molecule has 0 aliphatic heterocycles. The minimum atomic E-state index is -0.282. The van der Waals surface area contributed by atoms with Gasteiger partial charge >= 0.3 is 0 Å². The minimum Gasteiger partial charge on any atom is -0.493 e. The fraction of sp³-hybridized carbons (Fsp3) is 0.462. The standard InChI is InChI=1S/C13H19NO4/c1-4-18-12-7-10(5-6-11(12)17-3)13(16)14-9(2)8-15/h5-7,9,15H,4,8H2,1-3H3,(H,14,16). The Balaban J connectivity index is 2.89. The Morgan fingerprint density at radius 2 is 2.17 bits per heavy atom. The molecule has 18 heavy (non-hydrogen) atoms. The summed E-state index contributed by atoms with van der Waals surface area (Å²) in [4.78, 5) is 11.9. The van der Waals surface area contributed by atoms with Crippen LogP contribution in [0.3, 0.4) is 0 Å². The topological polar surface area (TPSA) is 67.8 Å². The molecule has 5 nitrogen and oxygen atoms in total. The first-order valence-electron chi connectivity index (χ1n) is 5.84. The average molecular weight is 253 g/mol. The fourth-order valence-electron chi connectivity index (χ4n) is 1.44.